The van der Waals surface area contributed by atoms with E-state index in [0.717, 1.165) is 10.9 Å². The van der Waals surface area contributed by atoms with Crippen LogP contribution in [0, 0.1) is 0 Å². The summed E-state index contributed by atoms with van der Waals surface area (Å²) in [5.74, 6) is -0.790. The fraction of sp³-hybridized carbons (Fsp3) is 0. The summed E-state index contributed by atoms with van der Waals surface area (Å²) in [5.41, 5.74) is 7.50. The van der Waals surface area contributed by atoms with Crippen molar-refractivity contribution in [2.75, 3.05) is 11.1 Å². The van der Waals surface area contributed by atoms with E-state index in [4.69, 9.17) is 10.8 Å². The van der Waals surface area contributed by atoms with Crippen LogP contribution in [-0.4, -0.2) is 21.0 Å². The molecule has 0 aliphatic carbocycles. The van der Waals surface area contributed by atoms with E-state index in [9.17, 15) is 4.79 Å². The van der Waals surface area contributed by atoms with Crippen LogP contribution in [0.4, 0.5) is 17.2 Å². The van der Waals surface area contributed by atoms with E-state index in [0.29, 0.717) is 11.5 Å². The molecule has 3 aromatic rings. The number of rotatable bonds is 3. The third-order valence-corrected chi connectivity index (χ3v) is 3.07. The molecule has 4 N–H and O–H groups in total. The van der Waals surface area contributed by atoms with Gasteiger partial charge in [0.1, 0.15) is 0 Å². The minimum absolute atomic E-state index is 0.0150. The molecule has 21 heavy (non-hydrogen) atoms. The highest BCUT2D eigenvalue weighted by atomic mass is 16.4. The molecule has 0 fully saturated rings. The largest absolute Gasteiger partial charge is 0.478 e. The Kier molecular flexibility index (Phi) is 3.12. The van der Waals surface area contributed by atoms with Crippen LogP contribution in [0.15, 0.2) is 48.8 Å². The van der Waals surface area contributed by atoms with Gasteiger partial charge in [-0.2, -0.15) is 0 Å². The highest BCUT2D eigenvalue weighted by Crippen LogP contribution is 2.25. The van der Waals surface area contributed by atoms with Crippen molar-refractivity contribution in [2.24, 2.45) is 0 Å². The zero-order valence-corrected chi connectivity index (χ0v) is 10.9. The zero-order valence-electron chi connectivity index (χ0n) is 10.9. The Morgan fingerprint density at radius 3 is 2.81 bits per heavy atom. The van der Waals surface area contributed by atoms with Gasteiger partial charge >= 0.3 is 5.97 Å². The molecular weight excluding hydrogens is 268 g/mol. The number of pyridine rings is 2. The van der Waals surface area contributed by atoms with Crippen LogP contribution in [0.2, 0.25) is 0 Å². The SMILES string of the molecule is Nc1c(C(=O)O)ccnc1Nc1cnc2ccccc2c1. The summed E-state index contributed by atoms with van der Waals surface area (Å²) in [6, 6.07) is 11.0. The third kappa shape index (κ3) is 2.46. The summed E-state index contributed by atoms with van der Waals surface area (Å²) < 4.78 is 0. The standard InChI is InChI=1S/C15H12N4O2/c16-13-11(15(20)21)5-6-17-14(13)19-10-7-9-3-1-2-4-12(9)18-8-10/h1-8H,16H2,(H,17,19)(H,20,21). The second-order valence-electron chi connectivity index (χ2n) is 4.47. The van der Waals surface area contributed by atoms with Gasteiger partial charge in [0.15, 0.2) is 5.82 Å². The number of nitrogen functional groups attached to an aromatic ring is 1. The van der Waals surface area contributed by atoms with Crippen LogP contribution in [0.5, 0.6) is 0 Å². The number of aromatic nitrogens is 2. The van der Waals surface area contributed by atoms with Crippen molar-refractivity contribution >= 4 is 34.1 Å². The van der Waals surface area contributed by atoms with Crippen LogP contribution in [0.1, 0.15) is 10.4 Å². The number of nitrogens with one attached hydrogen (secondary N) is 1. The maximum absolute atomic E-state index is 11.1. The minimum Gasteiger partial charge on any atom is -0.478 e. The molecule has 6 heteroatoms. The predicted molar refractivity (Wildman–Crippen MR) is 80.6 cm³/mol. The van der Waals surface area contributed by atoms with Crippen molar-refractivity contribution in [2.45, 2.75) is 0 Å². The second kappa shape index (κ2) is 5.09. The van der Waals surface area contributed by atoms with E-state index in [2.05, 4.69) is 15.3 Å². The van der Waals surface area contributed by atoms with Gasteiger partial charge in [-0.05, 0) is 18.2 Å². The topological polar surface area (TPSA) is 101 Å². The first-order chi connectivity index (χ1) is 10.1. The molecule has 0 aliphatic rings. The number of benzene rings is 1. The monoisotopic (exact) mass is 280 g/mol. The van der Waals surface area contributed by atoms with Gasteiger partial charge in [-0.3, -0.25) is 4.98 Å². The van der Waals surface area contributed by atoms with Crippen LogP contribution < -0.4 is 11.1 Å². The van der Waals surface area contributed by atoms with Gasteiger partial charge in [-0.1, -0.05) is 18.2 Å². The Bertz CT molecular complexity index is 833. The zero-order chi connectivity index (χ0) is 14.8. The summed E-state index contributed by atoms with van der Waals surface area (Å²) in [6.07, 6.45) is 3.05. The molecule has 1 aromatic carbocycles. The van der Waals surface area contributed by atoms with E-state index in [-0.39, 0.29) is 11.3 Å². The molecule has 0 spiro atoms. The van der Waals surface area contributed by atoms with Gasteiger partial charge < -0.3 is 16.2 Å². The molecule has 0 amide bonds. The van der Waals surface area contributed by atoms with E-state index in [1.54, 1.807) is 6.20 Å². The molecule has 0 saturated carbocycles. The van der Waals surface area contributed by atoms with Gasteiger partial charge in [0.25, 0.3) is 0 Å². The lowest BCUT2D eigenvalue weighted by molar-refractivity contribution is 0.0698. The number of nitrogens with two attached hydrogens (primary N) is 1. The van der Waals surface area contributed by atoms with E-state index >= 15 is 0 Å². The van der Waals surface area contributed by atoms with Crippen molar-refractivity contribution < 1.29 is 9.90 Å². The molecule has 2 aromatic heterocycles. The van der Waals surface area contributed by atoms with Crippen LogP contribution in [0.25, 0.3) is 10.9 Å². The average molecular weight is 280 g/mol. The highest BCUT2D eigenvalue weighted by Gasteiger charge is 2.12. The first kappa shape index (κ1) is 12.9. The Morgan fingerprint density at radius 2 is 2.00 bits per heavy atom. The molecular formula is C15H12N4O2. The number of hydrogen-bond acceptors (Lipinski definition) is 5. The molecule has 0 radical (unpaired) electrons. The number of carboxylic acid groups (broad SMARTS) is 1. The van der Waals surface area contributed by atoms with Crippen molar-refractivity contribution in [1.29, 1.82) is 0 Å². The number of carboxylic acids is 1. The Hall–Kier alpha value is -3.15. The summed E-state index contributed by atoms with van der Waals surface area (Å²) in [4.78, 5) is 19.4. The van der Waals surface area contributed by atoms with Gasteiger partial charge in [0.2, 0.25) is 0 Å². The van der Waals surface area contributed by atoms with Gasteiger partial charge in [0, 0.05) is 11.6 Å². The first-order valence-corrected chi connectivity index (χ1v) is 6.25. The number of carbonyl (C=O) groups is 1. The lowest BCUT2D eigenvalue weighted by Crippen LogP contribution is -2.07. The number of aromatic carboxylic acids is 1. The van der Waals surface area contributed by atoms with E-state index in [1.807, 2.05) is 30.3 Å². The molecule has 2 heterocycles. The smallest absolute Gasteiger partial charge is 0.337 e. The lowest BCUT2D eigenvalue weighted by Gasteiger charge is -2.10. The maximum Gasteiger partial charge on any atom is 0.337 e. The van der Waals surface area contributed by atoms with E-state index < -0.39 is 5.97 Å². The lowest BCUT2D eigenvalue weighted by atomic mass is 10.2. The fourth-order valence-electron chi connectivity index (χ4n) is 2.04. The van der Waals surface area contributed by atoms with Gasteiger partial charge in [0.05, 0.1) is 28.7 Å². The Morgan fingerprint density at radius 1 is 1.19 bits per heavy atom. The number of hydrogen-bond donors (Lipinski definition) is 3. The van der Waals surface area contributed by atoms with Crippen molar-refractivity contribution in [3.8, 4) is 0 Å². The Balaban J connectivity index is 1.98. The molecule has 0 aliphatic heterocycles. The maximum atomic E-state index is 11.1. The van der Waals surface area contributed by atoms with Crippen LogP contribution >= 0.6 is 0 Å². The molecule has 3 rings (SSSR count). The average Bonchev–Trinajstić information content (AvgIpc) is 2.49. The normalized spacial score (nSPS) is 10.5. The number of nitrogens with zero attached hydrogens (tertiary/aromatic N) is 2. The molecule has 0 unspecified atom stereocenters. The van der Waals surface area contributed by atoms with Crippen molar-refractivity contribution in [3.63, 3.8) is 0 Å². The number of para-hydroxylation sites is 1. The first-order valence-electron chi connectivity index (χ1n) is 6.25. The van der Waals surface area contributed by atoms with Gasteiger partial charge in [-0.25, -0.2) is 9.78 Å². The molecule has 6 nitrogen and oxygen atoms in total. The highest BCUT2D eigenvalue weighted by molar-refractivity contribution is 5.96. The Labute approximate surface area is 120 Å². The summed E-state index contributed by atoms with van der Waals surface area (Å²) in [6.45, 7) is 0. The quantitative estimate of drug-likeness (QED) is 0.681. The summed E-state index contributed by atoms with van der Waals surface area (Å²) in [7, 11) is 0. The molecule has 104 valence electrons. The third-order valence-electron chi connectivity index (χ3n) is 3.07. The summed E-state index contributed by atoms with van der Waals surface area (Å²) in [5, 5.41) is 13.0. The van der Waals surface area contributed by atoms with Crippen LogP contribution in [0.3, 0.4) is 0 Å². The van der Waals surface area contributed by atoms with Crippen molar-refractivity contribution in [1.82, 2.24) is 9.97 Å². The second-order valence-corrected chi connectivity index (χ2v) is 4.47. The van der Waals surface area contributed by atoms with Gasteiger partial charge in [-0.15, -0.1) is 0 Å². The fourth-order valence-corrected chi connectivity index (χ4v) is 2.04. The van der Waals surface area contributed by atoms with Crippen LogP contribution in [-0.2, 0) is 0 Å². The number of fused-ring (bicyclic) bond motifs is 1. The number of anilines is 3. The molecule has 0 saturated heterocycles. The van der Waals surface area contributed by atoms with Crippen molar-refractivity contribution in [3.05, 3.63) is 54.4 Å². The molecule has 0 bridgehead atoms. The summed E-state index contributed by atoms with van der Waals surface area (Å²) >= 11 is 0. The minimum atomic E-state index is -1.09. The molecule has 0 atom stereocenters. The predicted octanol–water partition coefficient (Wildman–Crippen LogP) is 2.65. The van der Waals surface area contributed by atoms with E-state index in [1.165, 1.54) is 12.3 Å².